The van der Waals surface area contributed by atoms with Gasteiger partial charge < -0.3 is 15.1 Å². The van der Waals surface area contributed by atoms with Gasteiger partial charge >= 0.3 is 0 Å². The van der Waals surface area contributed by atoms with Gasteiger partial charge in [0.05, 0.1) is 11.4 Å². The number of carbonyl (C=O) groups is 1. The Bertz CT molecular complexity index is 859. The number of hydrogen-bond donors (Lipinski definition) is 1. The Morgan fingerprint density at radius 2 is 1.71 bits per heavy atom. The normalized spacial score (nSPS) is 15.5. The van der Waals surface area contributed by atoms with Gasteiger partial charge in [0.1, 0.15) is 23.0 Å². The van der Waals surface area contributed by atoms with Gasteiger partial charge in [-0.3, -0.25) is 4.79 Å². The van der Waals surface area contributed by atoms with E-state index in [1.807, 2.05) is 11.9 Å². The first-order valence-corrected chi connectivity index (χ1v) is 8.93. The number of carbonyl (C=O) groups excluding carboxylic acids is 1. The van der Waals surface area contributed by atoms with Crippen LogP contribution in [0.1, 0.15) is 23.2 Å². The smallest absolute Gasteiger partial charge is 0.261 e. The van der Waals surface area contributed by atoms with E-state index in [0.717, 1.165) is 25.9 Å². The number of nitrogens with one attached hydrogen (secondary N) is 1. The molecule has 1 aliphatic rings. The SMILES string of the molecule is CN1CCC(N(C)c2cccc(NC(=O)c3c(F)cc(F)cc3F)c2F)CC1. The van der Waals surface area contributed by atoms with Gasteiger partial charge in [0, 0.05) is 25.2 Å². The molecule has 28 heavy (non-hydrogen) atoms. The van der Waals surface area contributed by atoms with Crippen LogP contribution in [0.15, 0.2) is 30.3 Å². The van der Waals surface area contributed by atoms with Crippen LogP contribution in [-0.4, -0.2) is 44.0 Å². The topological polar surface area (TPSA) is 35.6 Å². The van der Waals surface area contributed by atoms with Crippen molar-refractivity contribution in [2.75, 3.05) is 37.4 Å². The summed E-state index contributed by atoms with van der Waals surface area (Å²) in [6.45, 7) is 1.80. The molecule has 0 radical (unpaired) electrons. The Morgan fingerprint density at radius 1 is 1.11 bits per heavy atom. The Kier molecular flexibility index (Phi) is 5.88. The van der Waals surface area contributed by atoms with Crippen LogP contribution in [0.4, 0.5) is 28.9 Å². The van der Waals surface area contributed by atoms with Crippen molar-refractivity contribution in [3.05, 3.63) is 59.2 Å². The fraction of sp³-hybridized carbons (Fsp3) is 0.350. The monoisotopic (exact) mass is 395 g/mol. The van der Waals surface area contributed by atoms with Gasteiger partial charge in [0.25, 0.3) is 5.91 Å². The highest BCUT2D eigenvalue weighted by molar-refractivity contribution is 6.05. The van der Waals surface area contributed by atoms with Gasteiger partial charge in [-0.05, 0) is 45.1 Å². The third-order valence-corrected chi connectivity index (χ3v) is 5.08. The first kappa shape index (κ1) is 20.1. The lowest BCUT2D eigenvalue weighted by atomic mass is 10.0. The number of amides is 1. The third-order valence-electron chi connectivity index (χ3n) is 5.08. The molecule has 0 unspecified atom stereocenters. The van der Waals surface area contributed by atoms with Crippen molar-refractivity contribution in [3.63, 3.8) is 0 Å². The molecule has 1 heterocycles. The molecular formula is C20H21F4N3O. The van der Waals surface area contributed by atoms with E-state index in [2.05, 4.69) is 10.2 Å². The molecule has 3 rings (SSSR count). The molecular weight excluding hydrogens is 374 g/mol. The summed E-state index contributed by atoms with van der Waals surface area (Å²) in [5.74, 6) is -5.72. The molecule has 1 aliphatic heterocycles. The standard InChI is InChI=1S/C20H21F4N3O/c1-26-8-6-13(7-9-26)27(2)17-5-3-4-16(19(17)24)25-20(28)18-14(22)10-12(21)11-15(18)23/h3-5,10-11,13H,6-9H2,1-2H3,(H,25,28). The predicted octanol–water partition coefficient (Wildman–Crippen LogP) is 4.03. The highest BCUT2D eigenvalue weighted by Crippen LogP contribution is 2.29. The van der Waals surface area contributed by atoms with Gasteiger partial charge in [-0.2, -0.15) is 0 Å². The molecule has 1 N–H and O–H groups in total. The molecule has 2 aromatic carbocycles. The van der Waals surface area contributed by atoms with Crippen molar-refractivity contribution in [2.45, 2.75) is 18.9 Å². The van der Waals surface area contributed by atoms with Crippen LogP contribution < -0.4 is 10.2 Å². The van der Waals surface area contributed by atoms with E-state index in [4.69, 9.17) is 0 Å². The summed E-state index contributed by atoms with van der Waals surface area (Å²) in [5, 5.41) is 2.18. The van der Waals surface area contributed by atoms with E-state index in [-0.39, 0.29) is 17.4 Å². The lowest BCUT2D eigenvalue weighted by Crippen LogP contribution is -2.42. The first-order chi connectivity index (χ1) is 13.3. The second-order valence-corrected chi connectivity index (χ2v) is 6.98. The van der Waals surface area contributed by atoms with E-state index in [1.54, 1.807) is 19.2 Å². The molecule has 0 aliphatic carbocycles. The average molecular weight is 395 g/mol. The van der Waals surface area contributed by atoms with Gasteiger partial charge in [0.15, 0.2) is 5.82 Å². The van der Waals surface area contributed by atoms with Crippen LogP contribution >= 0.6 is 0 Å². The number of anilines is 2. The zero-order valence-electron chi connectivity index (χ0n) is 15.6. The lowest BCUT2D eigenvalue weighted by Gasteiger charge is -2.36. The molecule has 1 saturated heterocycles. The number of piperidine rings is 1. The van der Waals surface area contributed by atoms with E-state index >= 15 is 0 Å². The Balaban J connectivity index is 1.82. The Morgan fingerprint density at radius 3 is 2.32 bits per heavy atom. The van der Waals surface area contributed by atoms with Crippen molar-refractivity contribution < 1.29 is 22.4 Å². The molecule has 0 saturated carbocycles. The summed E-state index contributed by atoms with van der Waals surface area (Å²) < 4.78 is 55.6. The van der Waals surface area contributed by atoms with E-state index in [1.165, 1.54) is 6.07 Å². The van der Waals surface area contributed by atoms with E-state index in [9.17, 15) is 22.4 Å². The maximum atomic E-state index is 15.0. The maximum Gasteiger partial charge on any atom is 0.261 e. The van der Waals surface area contributed by atoms with Crippen LogP contribution in [0, 0.1) is 23.3 Å². The van der Waals surface area contributed by atoms with Crippen molar-refractivity contribution in [2.24, 2.45) is 0 Å². The summed E-state index contributed by atoms with van der Waals surface area (Å²) >= 11 is 0. The number of benzene rings is 2. The van der Waals surface area contributed by atoms with Crippen LogP contribution in [0.3, 0.4) is 0 Å². The molecule has 8 heteroatoms. The molecule has 1 amide bonds. The molecule has 0 spiro atoms. The number of nitrogens with zero attached hydrogens (tertiary/aromatic N) is 2. The molecule has 0 bridgehead atoms. The third kappa shape index (κ3) is 4.11. The minimum atomic E-state index is -1.35. The number of hydrogen-bond acceptors (Lipinski definition) is 3. The average Bonchev–Trinajstić information content (AvgIpc) is 2.62. The number of likely N-dealkylation sites (tertiary alicyclic amines) is 1. The van der Waals surface area contributed by atoms with Crippen LogP contribution in [0.2, 0.25) is 0 Å². The van der Waals surface area contributed by atoms with Gasteiger partial charge in [0.2, 0.25) is 0 Å². The van der Waals surface area contributed by atoms with Crippen LogP contribution in [0.5, 0.6) is 0 Å². The fourth-order valence-corrected chi connectivity index (χ4v) is 3.41. The molecule has 4 nitrogen and oxygen atoms in total. The molecule has 1 fully saturated rings. The van der Waals surface area contributed by atoms with Gasteiger partial charge in [-0.15, -0.1) is 0 Å². The van der Waals surface area contributed by atoms with Crippen molar-refractivity contribution in [1.82, 2.24) is 4.90 Å². The van der Waals surface area contributed by atoms with Gasteiger partial charge in [-0.1, -0.05) is 6.07 Å². The largest absolute Gasteiger partial charge is 0.369 e. The number of rotatable bonds is 4. The lowest BCUT2D eigenvalue weighted by molar-refractivity contribution is 0.101. The van der Waals surface area contributed by atoms with E-state index in [0.29, 0.717) is 12.1 Å². The van der Waals surface area contributed by atoms with Crippen molar-refractivity contribution in [1.29, 1.82) is 0 Å². The predicted molar refractivity (Wildman–Crippen MR) is 99.6 cm³/mol. The molecule has 2 aromatic rings. The fourth-order valence-electron chi connectivity index (χ4n) is 3.41. The van der Waals surface area contributed by atoms with Crippen molar-refractivity contribution in [3.8, 4) is 0 Å². The van der Waals surface area contributed by atoms with E-state index < -0.39 is 34.7 Å². The Labute approximate surface area is 160 Å². The highest BCUT2D eigenvalue weighted by atomic mass is 19.1. The quantitative estimate of drug-likeness (QED) is 0.795. The summed E-state index contributed by atoms with van der Waals surface area (Å²) in [5.41, 5.74) is -0.882. The highest BCUT2D eigenvalue weighted by Gasteiger charge is 2.25. The molecule has 0 aromatic heterocycles. The van der Waals surface area contributed by atoms with Crippen LogP contribution in [-0.2, 0) is 0 Å². The molecule has 0 atom stereocenters. The summed E-state index contributed by atoms with van der Waals surface area (Å²) in [4.78, 5) is 16.3. The minimum absolute atomic E-state index is 0.142. The van der Waals surface area contributed by atoms with Gasteiger partial charge in [-0.25, -0.2) is 17.6 Å². The zero-order valence-corrected chi connectivity index (χ0v) is 15.6. The molecule has 150 valence electrons. The van der Waals surface area contributed by atoms with Crippen molar-refractivity contribution >= 4 is 17.3 Å². The second-order valence-electron chi connectivity index (χ2n) is 6.98. The summed E-state index contributed by atoms with van der Waals surface area (Å²) in [6, 6.07) is 5.39. The number of halogens is 4. The minimum Gasteiger partial charge on any atom is -0.369 e. The zero-order chi connectivity index (χ0) is 20.4. The van der Waals surface area contributed by atoms with Crippen LogP contribution in [0.25, 0.3) is 0 Å². The summed E-state index contributed by atoms with van der Waals surface area (Å²) in [7, 11) is 3.81. The Hall–Kier alpha value is -2.61. The first-order valence-electron chi connectivity index (χ1n) is 8.93. The summed E-state index contributed by atoms with van der Waals surface area (Å²) in [6.07, 6.45) is 1.74. The maximum absolute atomic E-state index is 15.0. The second kappa shape index (κ2) is 8.18.